The quantitative estimate of drug-likeness (QED) is 0.246. The molecular formula is C22H25N3O6S. The number of hydrogen-bond donors (Lipinski definition) is 0. The van der Waals surface area contributed by atoms with Crippen molar-refractivity contribution < 1.29 is 27.4 Å². The van der Waals surface area contributed by atoms with E-state index >= 15 is 0 Å². The van der Waals surface area contributed by atoms with E-state index in [1.54, 1.807) is 42.5 Å². The summed E-state index contributed by atoms with van der Waals surface area (Å²) in [6.07, 6.45) is 0.0119. The van der Waals surface area contributed by atoms with Crippen molar-refractivity contribution in [3.63, 3.8) is 0 Å². The first-order valence-corrected chi connectivity index (χ1v) is 11.5. The first-order chi connectivity index (χ1) is 15.3. The molecule has 1 heterocycles. The van der Waals surface area contributed by atoms with Crippen LogP contribution in [0.25, 0.3) is 4.85 Å². The normalized spacial score (nSPS) is 14.6. The highest BCUT2D eigenvalue weighted by molar-refractivity contribution is 7.89. The van der Waals surface area contributed by atoms with E-state index in [0.29, 0.717) is 43.4 Å². The van der Waals surface area contributed by atoms with Gasteiger partial charge in [-0.2, -0.15) is 4.31 Å². The topological polar surface area (TPSA) is 89.7 Å². The zero-order chi connectivity index (χ0) is 23.1. The summed E-state index contributed by atoms with van der Waals surface area (Å²) in [6.45, 7) is 12.6. The van der Waals surface area contributed by atoms with Gasteiger partial charge in [0, 0.05) is 31.9 Å². The second-order valence-corrected chi connectivity index (χ2v) is 9.26. The van der Waals surface area contributed by atoms with Crippen LogP contribution in [-0.4, -0.2) is 58.3 Å². The third-order valence-corrected chi connectivity index (χ3v) is 6.76. The zero-order valence-corrected chi connectivity index (χ0v) is 18.7. The summed E-state index contributed by atoms with van der Waals surface area (Å²) in [7, 11) is -3.61. The van der Waals surface area contributed by atoms with Crippen LogP contribution in [0.4, 0.5) is 11.4 Å². The monoisotopic (exact) mass is 459 g/mol. The molecule has 1 aliphatic rings. The molecule has 1 fully saturated rings. The summed E-state index contributed by atoms with van der Waals surface area (Å²) in [5, 5.41) is 0. The maximum atomic E-state index is 13.0. The Labute approximate surface area is 188 Å². The molecule has 170 valence electrons. The standard InChI is InChI=1S/C22H25N3O6S/c1-17(2)31-19-5-7-20(8-6-19)32(27,28)25-12-10-24(11-13-25)18-4-9-21(23-3)22(14-18)30-16-29-15-26/h4-9,14-15,17H,10-13,16H2,1-2H3. The van der Waals surface area contributed by atoms with Crippen LogP contribution in [0.1, 0.15) is 13.8 Å². The molecule has 2 aromatic rings. The number of carbonyl (C=O) groups is 1. The number of piperazine rings is 1. The maximum absolute atomic E-state index is 13.0. The minimum atomic E-state index is -3.61. The molecule has 0 spiro atoms. The zero-order valence-electron chi connectivity index (χ0n) is 17.9. The maximum Gasteiger partial charge on any atom is 0.295 e. The van der Waals surface area contributed by atoms with Gasteiger partial charge in [0.25, 0.3) is 6.47 Å². The summed E-state index contributed by atoms with van der Waals surface area (Å²) in [4.78, 5) is 16.0. The second-order valence-electron chi connectivity index (χ2n) is 7.32. The van der Waals surface area contributed by atoms with Crippen LogP contribution in [0.3, 0.4) is 0 Å². The van der Waals surface area contributed by atoms with E-state index in [4.69, 9.17) is 16.0 Å². The van der Waals surface area contributed by atoms with Gasteiger partial charge in [-0.15, -0.1) is 0 Å². The Bertz CT molecular complexity index is 1070. The van der Waals surface area contributed by atoms with Gasteiger partial charge < -0.3 is 19.1 Å². The van der Waals surface area contributed by atoms with Crippen molar-refractivity contribution in [2.45, 2.75) is 24.8 Å². The Balaban J connectivity index is 1.67. The first kappa shape index (κ1) is 23.4. The minimum Gasteiger partial charge on any atom is -0.491 e. The predicted octanol–water partition coefficient (Wildman–Crippen LogP) is 3.04. The molecule has 0 bridgehead atoms. The van der Waals surface area contributed by atoms with Crippen LogP contribution in [0.5, 0.6) is 11.5 Å². The van der Waals surface area contributed by atoms with Gasteiger partial charge in [0.1, 0.15) is 11.5 Å². The van der Waals surface area contributed by atoms with Crippen molar-refractivity contribution in [1.29, 1.82) is 0 Å². The largest absolute Gasteiger partial charge is 0.491 e. The van der Waals surface area contributed by atoms with E-state index in [1.165, 1.54) is 4.31 Å². The fourth-order valence-corrected chi connectivity index (χ4v) is 4.75. The number of ether oxygens (including phenoxy) is 3. The smallest absolute Gasteiger partial charge is 0.295 e. The van der Waals surface area contributed by atoms with Crippen LogP contribution in [-0.2, 0) is 19.6 Å². The molecule has 0 atom stereocenters. The van der Waals surface area contributed by atoms with Gasteiger partial charge in [-0.05, 0) is 50.2 Å². The van der Waals surface area contributed by atoms with Crippen LogP contribution < -0.4 is 14.4 Å². The second kappa shape index (κ2) is 10.3. The number of benzene rings is 2. The molecule has 1 aliphatic heterocycles. The molecule has 3 rings (SSSR count). The highest BCUT2D eigenvalue weighted by Crippen LogP contribution is 2.33. The van der Waals surface area contributed by atoms with E-state index in [9.17, 15) is 13.2 Å². The Morgan fingerprint density at radius 3 is 2.38 bits per heavy atom. The summed E-state index contributed by atoms with van der Waals surface area (Å²) >= 11 is 0. The van der Waals surface area contributed by atoms with E-state index in [2.05, 4.69) is 9.58 Å². The van der Waals surface area contributed by atoms with Crippen LogP contribution in [0.15, 0.2) is 47.4 Å². The van der Waals surface area contributed by atoms with E-state index in [1.807, 2.05) is 18.7 Å². The summed E-state index contributed by atoms with van der Waals surface area (Å²) < 4.78 is 43.0. The number of sulfonamides is 1. The van der Waals surface area contributed by atoms with Crippen molar-refractivity contribution in [1.82, 2.24) is 4.31 Å². The Hall–Kier alpha value is -3.29. The average Bonchev–Trinajstić information content (AvgIpc) is 2.79. The molecule has 32 heavy (non-hydrogen) atoms. The molecule has 0 radical (unpaired) electrons. The molecule has 10 heteroatoms. The summed E-state index contributed by atoms with van der Waals surface area (Å²) in [5.41, 5.74) is 1.10. The fraction of sp³-hybridized carbons (Fsp3) is 0.364. The molecule has 0 aromatic heterocycles. The van der Waals surface area contributed by atoms with Crippen molar-refractivity contribution in [2.24, 2.45) is 0 Å². The third-order valence-electron chi connectivity index (χ3n) is 4.85. The number of nitrogens with zero attached hydrogens (tertiary/aromatic N) is 3. The third kappa shape index (κ3) is 5.49. The molecule has 0 N–H and O–H groups in total. The molecule has 0 saturated carbocycles. The fourth-order valence-electron chi connectivity index (χ4n) is 3.33. The molecule has 9 nitrogen and oxygen atoms in total. The Morgan fingerprint density at radius 2 is 1.78 bits per heavy atom. The van der Waals surface area contributed by atoms with Gasteiger partial charge in [-0.1, -0.05) is 6.07 Å². The van der Waals surface area contributed by atoms with E-state index in [-0.39, 0.29) is 24.3 Å². The molecule has 0 aliphatic carbocycles. The molecule has 2 aromatic carbocycles. The lowest BCUT2D eigenvalue weighted by atomic mass is 10.2. The lowest BCUT2D eigenvalue weighted by Gasteiger charge is -2.35. The van der Waals surface area contributed by atoms with Crippen molar-refractivity contribution in [2.75, 3.05) is 37.9 Å². The molecule has 0 unspecified atom stereocenters. The average molecular weight is 460 g/mol. The van der Waals surface area contributed by atoms with E-state index < -0.39 is 10.0 Å². The van der Waals surface area contributed by atoms with Crippen molar-refractivity contribution in [3.05, 3.63) is 53.9 Å². The predicted molar refractivity (Wildman–Crippen MR) is 119 cm³/mol. The van der Waals surface area contributed by atoms with Crippen LogP contribution in [0, 0.1) is 6.57 Å². The molecule has 0 amide bonds. The SMILES string of the molecule is [C-]#[N+]c1ccc(N2CCN(S(=O)(=O)c3ccc(OC(C)C)cc3)CC2)cc1OCOC=O. The van der Waals surface area contributed by atoms with Crippen LogP contribution in [0.2, 0.25) is 0 Å². The molecule has 1 saturated heterocycles. The summed E-state index contributed by atoms with van der Waals surface area (Å²) in [5.74, 6) is 0.932. The highest BCUT2D eigenvalue weighted by Gasteiger charge is 2.29. The number of rotatable bonds is 9. The lowest BCUT2D eigenvalue weighted by Crippen LogP contribution is -2.48. The van der Waals surface area contributed by atoms with E-state index in [0.717, 1.165) is 5.69 Å². The summed E-state index contributed by atoms with van der Waals surface area (Å²) in [6, 6.07) is 11.6. The first-order valence-electron chi connectivity index (χ1n) is 10.1. The van der Waals surface area contributed by atoms with Gasteiger partial charge in [0.05, 0.1) is 17.6 Å². The number of hydrogen-bond acceptors (Lipinski definition) is 7. The minimum absolute atomic E-state index is 0.0119. The van der Waals surface area contributed by atoms with Crippen molar-refractivity contribution >= 4 is 27.9 Å². The Kier molecular flexibility index (Phi) is 7.56. The Morgan fingerprint density at radius 1 is 1.09 bits per heavy atom. The van der Waals surface area contributed by atoms with Crippen LogP contribution >= 0.6 is 0 Å². The van der Waals surface area contributed by atoms with Gasteiger partial charge in [-0.3, -0.25) is 4.79 Å². The van der Waals surface area contributed by atoms with Gasteiger partial charge in [0.15, 0.2) is 0 Å². The van der Waals surface area contributed by atoms with Gasteiger partial charge in [0.2, 0.25) is 22.5 Å². The number of carbonyl (C=O) groups excluding carboxylic acids is 1. The van der Waals surface area contributed by atoms with Crippen molar-refractivity contribution in [3.8, 4) is 11.5 Å². The lowest BCUT2D eigenvalue weighted by molar-refractivity contribution is -0.134. The van der Waals surface area contributed by atoms with Gasteiger partial charge >= 0.3 is 0 Å². The molecular weight excluding hydrogens is 434 g/mol. The highest BCUT2D eigenvalue weighted by atomic mass is 32.2. The number of anilines is 1. The van der Waals surface area contributed by atoms with Gasteiger partial charge in [-0.25, -0.2) is 13.3 Å².